The highest BCUT2D eigenvalue weighted by molar-refractivity contribution is 6.09. The molecule has 172 valence electrons. The number of nitrogens with zero attached hydrogens (tertiary/aromatic N) is 2. The van der Waals surface area contributed by atoms with Gasteiger partial charge in [-0.25, -0.2) is 18.2 Å². The van der Waals surface area contributed by atoms with Gasteiger partial charge in [-0.15, -0.1) is 0 Å². The number of carbonyl (C=O) groups is 1. The molecule has 0 fully saturated rings. The Morgan fingerprint density at radius 1 is 1.09 bits per heavy atom. The number of likely N-dealkylation sites (N-methyl/N-ethyl adjacent to an activating group) is 1. The molecule has 0 aliphatic carbocycles. The smallest absolute Gasteiger partial charge is 0.387 e. The Bertz CT molecular complexity index is 1050. The molecule has 1 aliphatic heterocycles. The first kappa shape index (κ1) is 23.3. The van der Waals surface area contributed by atoms with Crippen molar-refractivity contribution in [2.75, 3.05) is 13.7 Å². The highest BCUT2D eigenvalue weighted by Gasteiger charge is 2.50. The number of rotatable bonds is 8. The third-order valence-corrected chi connectivity index (χ3v) is 4.99. The average molecular weight is 457 g/mol. The first-order valence-electron chi connectivity index (χ1n) is 9.46. The van der Waals surface area contributed by atoms with E-state index in [2.05, 4.69) is 9.73 Å². The molecule has 0 unspecified atom stereocenters. The number of ether oxygens (including phenoxy) is 2. The number of nitrogens with two attached hydrogens (primary N) is 1. The van der Waals surface area contributed by atoms with Crippen LogP contribution in [-0.2, 0) is 10.3 Å². The Hall–Kier alpha value is -3.37. The van der Waals surface area contributed by atoms with Crippen LogP contribution in [0.4, 0.5) is 22.0 Å². The van der Waals surface area contributed by atoms with Crippen LogP contribution in [0.25, 0.3) is 0 Å². The van der Waals surface area contributed by atoms with Crippen LogP contribution in [0.15, 0.2) is 41.4 Å². The third kappa shape index (κ3) is 4.32. The van der Waals surface area contributed by atoms with Crippen molar-refractivity contribution < 1.29 is 36.2 Å². The second-order valence-electron chi connectivity index (χ2n) is 7.08. The molecule has 32 heavy (non-hydrogen) atoms. The fourth-order valence-electron chi connectivity index (χ4n) is 3.38. The average Bonchev–Trinajstić information content (AvgIpc) is 2.95. The number of aryl methyl sites for hydroxylation is 1. The van der Waals surface area contributed by atoms with Gasteiger partial charge in [0.15, 0.2) is 23.1 Å². The van der Waals surface area contributed by atoms with Crippen molar-refractivity contribution in [2.45, 2.75) is 31.9 Å². The number of alkyl halides is 4. The van der Waals surface area contributed by atoms with E-state index in [1.54, 1.807) is 0 Å². The minimum absolute atomic E-state index is 0.0928. The van der Waals surface area contributed by atoms with Crippen LogP contribution in [0.3, 0.4) is 0 Å². The predicted molar refractivity (Wildman–Crippen MR) is 105 cm³/mol. The third-order valence-electron chi connectivity index (χ3n) is 4.99. The van der Waals surface area contributed by atoms with E-state index in [0.717, 1.165) is 11.0 Å². The molecule has 1 atom stereocenters. The highest BCUT2D eigenvalue weighted by atomic mass is 19.3. The van der Waals surface area contributed by atoms with Crippen molar-refractivity contribution in [3.05, 3.63) is 58.9 Å². The number of carbonyl (C=O) groups excluding carboxylic acids is 1. The molecule has 11 heteroatoms. The van der Waals surface area contributed by atoms with E-state index in [9.17, 15) is 26.7 Å². The van der Waals surface area contributed by atoms with Crippen molar-refractivity contribution in [3.8, 4) is 11.5 Å². The van der Waals surface area contributed by atoms with E-state index < -0.39 is 43.3 Å². The minimum atomic E-state index is -3.04. The lowest BCUT2D eigenvalue weighted by molar-refractivity contribution is -0.129. The Kier molecular flexibility index (Phi) is 6.56. The van der Waals surface area contributed by atoms with Crippen molar-refractivity contribution in [2.24, 2.45) is 10.7 Å². The summed E-state index contributed by atoms with van der Waals surface area (Å²) in [6, 6.07) is 7.58. The normalized spacial score (nSPS) is 18.5. The van der Waals surface area contributed by atoms with Gasteiger partial charge in [-0.3, -0.25) is 9.69 Å². The van der Waals surface area contributed by atoms with Gasteiger partial charge >= 0.3 is 6.61 Å². The summed E-state index contributed by atoms with van der Waals surface area (Å²) in [6.45, 7) is -1.97. The fourth-order valence-corrected chi connectivity index (χ4v) is 3.38. The van der Waals surface area contributed by atoms with Gasteiger partial charge in [-0.2, -0.15) is 8.78 Å². The van der Waals surface area contributed by atoms with Crippen LogP contribution in [0.1, 0.15) is 23.1 Å². The van der Waals surface area contributed by atoms with Crippen LogP contribution < -0.4 is 15.2 Å². The lowest BCUT2D eigenvalue weighted by Crippen LogP contribution is -2.41. The molecule has 0 saturated carbocycles. The van der Waals surface area contributed by atoms with Crippen molar-refractivity contribution in [1.29, 1.82) is 0 Å². The van der Waals surface area contributed by atoms with Crippen LogP contribution >= 0.6 is 0 Å². The summed E-state index contributed by atoms with van der Waals surface area (Å²) in [4.78, 5) is 18.7. The van der Waals surface area contributed by atoms with Crippen LogP contribution in [-0.4, -0.2) is 43.5 Å². The van der Waals surface area contributed by atoms with E-state index in [4.69, 9.17) is 10.5 Å². The Morgan fingerprint density at radius 3 is 2.31 bits per heavy atom. The standard InChI is InChI=1S/C21H20F5N3O3/c1-11-9-12(4-6-15(11)32-19(25)26)21(18(30)29(2)20(27)28-21)13-3-5-14(22)16(10-13)31-8-7-17(23)24/h3-6,9-10,17,19H,7-8H2,1-2H3,(H2,27,28)/t21-/m1/s1. The molecule has 1 aliphatic rings. The number of hydrogen-bond acceptors (Lipinski definition) is 5. The monoisotopic (exact) mass is 457 g/mol. The first-order valence-corrected chi connectivity index (χ1v) is 9.46. The SMILES string of the molecule is Cc1cc([C@]2(c3ccc(F)c(OCCC(F)F)c3)N=C(N)N(C)C2=O)ccc1OC(F)F. The second-order valence-corrected chi connectivity index (χ2v) is 7.08. The van der Waals surface area contributed by atoms with Crippen molar-refractivity contribution in [3.63, 3.8) is 0 Å². The fraction of sp³-hybridized carbons (Fsp3) is 0.333. The summed E-state index contributed by atoms with van der Waals surface area (Å²) in [5.74, 6) is -1.95. The number of amides is 1. The van der Waals surface area contributed by atoms with Gasteiger partial charge in [-0.1, -0.05) is 12.1 Å². The highest BCUT2D eigenvalue weighted by Crippen LogP contribution is 2.42. The molecule has 2 aromatic rings. The first-order chi connectivity index (χ1) is 15.1. The number of aliphatic imine (C=N–C) groups is 1. The summed E-state index contributed by atoms with van der Waals surface area (Å²) in [7, 11) is 1.40. The zero-order chi connectivity index (χ0) is 23.6. The largest absolute Gasteiger partial charge is 0.490 e. The molecule has 1 heterocycles. The number of hydrogen-bond donors (Lipinski definition) is 1. The zero-order valence-corrected chi connectivity index (χ0v) is 17.1. The topological polar surface area (TPSA) is 77.2 Å². The summed E-state index contributed by atoms with van der Waals surface area (Å²) in [5.41, 5.74) is 4.83. The summed E-state index contributed by atoms with van der Waals surface area (Å²) in [5, 5.41) is 0. The maximum atomic E-state index is 14.2. The van der Waals surface area contributed by atoms with Crippen molar-refractivity contribution in [1.82, 2.24) is 4.90 Å². The van der Waals surface area contributed by atoms with Gasteiger partial charge < -0.3 is 15.2 Å². The Morgan fingerprint density at radius 2 is 1.75 bits per heavy atom. The van der Waals surface area contributed by atoms with Crippen LogP contribution in [0.5, 0.6) is 11.5 Å². The predicted octanol–water partition coefficient (Wildman–Crippen LogP) is 3.80. The molecule has 2 aromatic carbocycles. The molecule has 0 saturated heterocycles. The number of guanidine groups is 1. The van der Waals surface area contributed by atoms with Crippen LogP contribution in [0.2, 0.25) is 0 Å². The molecule has 0 bridgehead atoms. The molecule has 1 amide bonds. The molecular formula is C21H20F5N3O3. The zero-order valence-electron chi connectivity index (χ0n) is 17.1. The maximum Gasteiger partial charge on any atom is 0.387 e. The van der Waals surface area contributed by atoms with E-state index >= 15 is 0 Å². The number of halogens is 5. The van der Waals surface area contributed by atoms with E-state index in [0.29, 0.717) is 5.56 Å². The lowest BCUT2D eigenvalue weighted by atomic mass is 9.82. The molecule has 0 aromatic heterocycles. The molecule has 6 nitrogen and oxygen atoms in total. The summed E-state index contributed by atoms with van der Waals surface area (Å²) in [6.07, 6.45) is -3.23. The molecule has 2 N–H and O–H groups in total. The minimum Gasteiger partial charge on any atom is -0.490 e. The molecule has 0 spiro atoms. The maximum absolute atomic E-state index is 14.2. The van der Waals surface area contributed by atoms with Gasteiger partial charge in [0.05, 0.1) is 6.61 Å². The Balaban J connectivity index is 2.11. The van der Waals surface area contributed by atoms with E-state index in [1.807, 2.05) is 0 Å². The van der Waals surface area contributed by atoms with Gasteiger partial charge in [0.25, 0.3) is 5.91 Å². The second kappa shape index (κ2) is 9.01. The molecular weight excluding hydrogens is 437 g/mol. The summed E-state index contributed by atoms with van der Waals surface area (Å²) >= 11 is 0. The van der Waals surface area contributed by atoms with Gasteiger partial charge in [0.1, 0.15) is 5.75 Å². The van der Waals surface area contributed by atoms with Gasteiger partial charge in [0, 0.05) is 13.5 Å². The quantitative estimate of drug-likeness (QED) is 0.612. The van der Waals surface area contributed by atoms with Crippen LogP contribution in [0, 0.1) is 12.7 Å². The Labute approximate surface area is 180 Å². The molecule has 0 radical (unpaired) electrons. The number of benzene rings is 2. The lowest BCUT2D eigenvalue weighted by Gasteiger charge is -2.27. The molecule has 3 rings (SSSR count). The summed E-state index contributed by atoms with van der Waals surface area (Å²) < 4.78 is 73.9. The van der Waals surface area contributed by atoms with Gasteiger partial charge in [0.2, 0.25) is 6.43 Å². The van der Waals surface area contributed by atoms with Crippen molar-refractivity contribution >= 4 is 11.9 Å². The van der Waals surface area contributed by atoms with E-state index in [1.165, 1.54) is 44.3 Å². The van der Waals surface area contributed by atoms with Gasteiger partial charge in [-0.05, 0) is 47.9 Å². The van der Waals surface area contributed by atoms with E-state index in [-0.39, 0.29) is 28.6 Å².